The molecule has 0 saturated carbocycles. The molecule has 0 radical (unpaired) electrons. The third-order valence-electron chi connectivity index (χ3n) is 6.03. The minimum atomic E-state index is -0.639. The van der Waals surface area contributed by atoms with Crippen LogP contribution in [-0.2, 0) is 28.0 Å². The number of hydrogen-bond donors (Lipinski definition) is 4. The molecule has 0 fully saturated rings. The molecule has 0 amide bonds. The van der Waals surface area contributed by atoms with Gasteiger partial charge in [-0.05, 0) is 49.0 Å². The van der Waals surface area contributed by atoms with E-state index in [1.165, 1.54) is 22.0 Å². The quantitative estimate of drug-likeness (QED) is 0.300. The zero-order valence-corrected chi connectivity index (χ0v) is 18.4. The molecule has 2 unspecified atom stereocenters. The van der Waals surface area contributed by atoms with Gasteiger partial charge in [0, 0.05) is 17.3 Å². The molecule has 5 N–H and O–H groups in total. The third kappa shape index (κ3) is 4.17. The van der Waals surface area contributed by atoms with Crippen molar-refractivity contribution in [1.82, 2.24) is 15.7 Å². The number of carbonyl (C=O) groups excluding carboxylic acids is 1. The molecule has 29 heavy (non-hydrogen) atoms. The number of thiocarbonyl (C=S) groups is 1. The Morgan fingerprint density at radius 3 is 2.83 bits per heavy atom. The van der Waals surface area contributed by atoms with Gasteiger partial charge >= 0.3 is 0 Å². The second kappa shape index (κ2) is 9.24. The lowest BCUT2D eigenvalue weighted by Crippen LogP contribution is -2.50. The van der Waals surface area contributed by atoms with Crippen LogP contribution < -0.4 is 16.6 Å². The number of hydrazine groups is 1. The number of benzene rings is 1. The highest BCUT2D eigenvalue weighted by atomic mass is 32.1. The van der Waals surface area contributed by atoms with E-state index in [-0.39, 0.29) is 16.9 Å². The number of aromatic amines is 1. The molecular weight excluding hydrogens is 384 g/mol. The Morgan fingerprint density at radius 2 is 2.17 bits per heavy atom. The van der Waals surface area contributed by atoms with Crippen molar-refractivity contribution in [2.24, 2.45) is 5.84 Å². The molecule has 0 aliphatic carbocycles. The van der Waals surface area contributed by atoms with Crippen LogP contribution in [-0.4, -0.2) is 28.5 Å². The largest absolute Gasteiger partial charge is 0.368 e. The maximum atomic E-state index is 13.3. The smallest absolute Gasteiger partial charge is 0.181 e. The van der Waals surface area contributed by atoms with Gasteiger partial charge in [0.15, 0.2) is 10.9 Å². The van der Waals surface area contributed by atoms with Gasteiger partial charge in [0.05, 0.1) is 18.3 Å². The monoisotopic (exact) mass is 416 g/mol. The zero-order valence-electron chi connectivity index (χ0n) is 17.6. The maximum absolute atomic E-state index is 13.3. The van der Waals surface area contributed by atoms with E-state index in [1.54, 1.807) is 0 Å². The first kappa shape index (κ1) is 21.7. The summed E-state index contributed by atoms with van der Waals surface area (Å²) in [5, 5.41) is 4.58. The van der Waals surface area contributed by atoms with Crippen LogP contribution in [0.3, 0.4) is 0 Å². The summed E-state index contributed by atoms with van der Waals surface area (Å²) in [7, 11) is 0. The van der Waals surface area contributed by atoms with Crippen LogP contribution in [0.2, 0.25) is 0 Å². The summed E-state index contributed by atoms with van der Waals surface area (Å²) in [5.74, 6) is 5.48. The second-order valence-electron chi connectivity index (χ2n) is 7.72. The Balaban J connectivity index is 1.98. The number of nitrogens with one attached hydrogen (secondary N) is 3. The number of rotatable bonds is 8. The minimum Gasteiger partial charge on any atom is -0.368 e. The predicted octanol–water partition coefficient (Wildman–Crippen LogP) is 3.37. The fourth-order valence-electron chi connectivity index (χ4n) is 4.45. The van der Waals surface area contributed by atoms with Crippen LogP contribution in [0.15, 0.2) is 18.2 Å². The molecule has 1 aromatic heterocycles. The summed E-state index contributed by atoms with van der Waals surface area (Å²) in [6.45, 7) is 6.92. The van der Waals surface area contributed by atoms with Gasteiger partial charge < -0.3 is 20.5 Å². The molecule has 2 atom stereocenters. The highest BCUT2D eigenvalue weighted by molar-refractivity contribution is 7.80. The van der Waals surface area contributed by atoms with Crippen LogP contribution in [0.25, 0.3) is 10.9 Å². The van der Waals surface area contributed by atoms with Crippen molar-refractivity contribution < 1.29 is 9.53 Å². The number of hydrogen-bond acceptors (Lipinski definition) is 4. The standard InChI is InChI=1S/C22H32N4O2S/c1-4-8-17(24-21(29)26-23)18(27)13-22(6-3)20-16(11-12-28-22)15-10-7-9-14(5-2)19(15)25-20/h7,9-10,17,25H,4-6,8,11-13,23H2,1-3H3,(H2,24,26,29). The Morgan fingerprint density at radius 1 is 1.38 bits per heavy atom. The van der Waals surface area contributed by atoms with Crippen molar-refractivity contribution in [3.05, 3.63) is 35.0 Å². The van der Waals surface area contributed by atoms with Gasteiger partial charge in [-0.3, -0.25) is 4.79 Å². The molecule has 1 aromatic carbocycles. The number of Topliss-reactive ketones (excluding diaryl/α,β-unsaturated/α-hetero) is 1. The van der Waals surface area contributed by atoms with Gasteiger partial charge in [0.25, 0.3) is 0 Å². The van der Waals surface area contributed by atoms with Crippen molar-refractivity contribution in [2.45, 2.75) is 70.9 Å². The number of carbonyl (C=O) groups is 1. The van der Waals surface area contributed by atoms with Crippen molar-refractivity contribution in [3.63, 3.8) is 0 Å². The van der Waals surface area contributed by atoms with Gasteiger partial charge in [0.2, 0.25) is 0 Å². The first-order valence-corrected chi connectivity index (χ1v) is 11.0. The fourth-order valence-corrected chi connectivity index (χ4v) is 4.59. The number of aryl methyl sites for hydroxylation is 1. The van der Waals surface area contributed by atoms with Crippen LogP contribution in [0.5, 0.6) is 0 Å². The third-order valence-corrected chi connectivity index (χ3v) is 6.26. The molecule has 0 saturated heterocycles. The summed E-state index contributed by atoms with van der Waals surface area (Å²) in [6.07, 6.45) is 4.40. The van der Waals surface area contributed by atoms with Gasteiger partial charge in [-0.1, -0.05) is 45.4 Å². The zero-order chi connectivity index (χ0) is 21.0. The first-order valence-electron chi connectivity index (χ1n) is 10.6. The molecule has 2 aromatic rings. The molecular formula is C22H32N4O2S. The highest BCUT2D eigenvalue weighted by Gasteiger charge is 2.42. The van der Waals surface area contributed by atoms with E-state index in [2.05, 4.69) is 54.7 Å². The lowest BCUT2D eigenvalue weighted by molar-refractivity contribution is -0.132. The van der Waals surface area contributed by atoms with Gasteiger partial charge in [-0.25, -0.2) is 5.84 Å². The summed E-state index contributed by atoms with van der Waals surface area (Å²) < 4.78 is 6.32. The van der Waals surface area contributed by atoms with Gasteiger partial charge in [0.1, 0.15) is 5.60 Å². The molecule has 2 heterocycles. The summed E-state index contributed by atoms with van der Waals surface area (Å²) in [6, 6.07) is 6.07. The van der Waals surface area contributed by atoms with Gasteiger partial charge in [-0.2, -0.15) is 0 Å². The normalized spacial score (nSPS) is 19.6. The summed E-state index contributed by atoms with van der Waals surface area (Å²) >= 11 is 5.12. The topological polar surface area (TPSA) is 92.2 Å². The molecule has 7 heteroatoms. The Bertz CT molecular complexity index is 894. The van der Waals surface area contributed by atoms with E-state index in [9.17, 15) is 4.79 Å². The maximum Gasteiger partial charge on any atom is 0.181 e. The average Bonchev–Trinajstić information content (AvgIpc) is 3.13. The average molecular weight is 417 g/mol. The van der Waals surface area contributed by atoms with Crippen molar-refractivity contribution in [2.75, 3.05) is 6.61 Å². The minimum absolute atomic E-state index is 0.0912. The molecule has 0 bridgehead atoms. The second-order valence-corrected chi connectivity index (χ2v) is 8.13. The Hall–Kier alpha value is -1.96. The van der Waals surface area contributed by atoms with Crippen LogP contribution in [0.1, 0.15) is 63.3 Å². The van der Waals surface area contributed by atoms with E-state index in [1.807, 2.05) is 0 Å². The molecule has 1 aliphatic heterocycles. The number of ether oxygens (including phenoxy) is 1. The van der Waals surface area contributed by atoms with E-state index in [0.717, 1.165) is 31.4 Å². The number of aromatic nitrogens is 1. The Kier molecular flexibility index (Phi) is 6.93. The van der Waals surface area contributed by atoms with Crippen molar-refractivity contribution >= 4 is 34.0 Å². The number of para-hydroxylation sites is 1. The SMILES string of the molecule is CCCC(NC(=S)NN)C(=O)CC1(CC)OCCc2c1[nH]c1c(CC)cccc21. The van der Waals surface area contributed by atoms with E-state index >= 15 is 0 Å². The predicted molar refractivity (Wildman–Crippen MR) is 121 cm³/mol. The molecule has 6 nitrogen and oxygen atoms in total. The number of fused-ring (bicyclic) bond motifs is 3. The lowest BCUT2D eigenvalue weighted by atomic mass is 9.83. The Labute approximate surface area is 177 Å². The number of ketones is 1. The summed E-state index contributed by atoms with van der Waals surface area (Å²) in [4.78, 5) is 16.9. The van der Waals surface area contributed by atoms with Crippen LogP contribution in [0, 0.1) is 0 Å². The van der Waals surface area contributed by atoms with E-state index in [0.29, 0.717) is 19.4 Å². The summed E-state index contributed by atoms with van der Waals surface area (Å²) in [5.41, 5.74) is 6.59. The van der Waals surface area contributed by atoms with Crippen molar-refractivity contribution in [3.8, 4) is 0 Å². The molecule has 158 valence electrons. The molecule has 0 spiro atoms. The lowest BCUT2D eigenvalue weighted by Gasteiger charge is -2.37. The number of nitrogens with two attached hydrogens (primary N) is 1. The highest BCUT2D eigenvalue weighted by Crippen LogP contribution is 2.42. The van der Waals surface area contributed by atoms with E-state index in [4.69, 9.17) is 22.8 Å². The van der Waals surface area contributed by atoms with Gasteiger partial charge in [-0.15, -0.1) is 0 Å². The van der Waals surface area contributed by atoms with Crippen molar-refractivity contribution in [1.29, 1.82) is 0 Å². The molecule has 1 aliphatic rings. The van der Waals surface area contributed by atoms with Crippen LogP contribution >= 0.6 is 12.2 Å². The molecule has 3 rings (SSSR count). The number of H-pyrrole nitrogens is 1. The van der Waals surface area contributed by atoms with E-state index < -0.39 is 5.60 Å². The van der Waals surface area contributed by atoms with Crippen LogP contribution in [0.4, 0.5) is 0 Å². The first-order chi connectivity index (χ1) is 14.0. The fraction of sp³-hybridized carbons (Fsp3) is 0.545.